The van der Waals surface area contributed by atoms with E-state index >= 15 is 0 Å². The van der Waals surface area contributed by atoms with E-state index in [2.05, 4.69) is 15.2 Å². The topological polar surface area (TPSA) is 66.9 Å². The highest BCUT2D eigenvalue weighted by atomic mass is 32.1. The van der Waals surface area contributed by atoms with Crippen LogP contribution < -0.4 is 14.8 Å². The maximum atomic E-state index is 13.1. The third kappa shape index (κ3) is 5.35. The van der Waals surface area contributed by atoms with Crippen LogP contribution in [0.15, 0.2) is 47.8 Å². The molecular formula is C23H25FN4O3S. The van der Waals surface area contributed by atoms with E-state index in [0.717, 1.165) is 35.9 Å². The molecule has 1 saturated heterocycles. The third-order valence-electron chi connectivity index (χ3n) is 5.31. The fourth-order valence-corrected chi connectivity index (χ4v) is 4.36. The zero-order valence-electron chi connectivity index (χ0n) is 18.0. The molecule has 0 spiro atoms. The summed E-state index contributed by atoms with van der Waals surface area (Å²) in [6, 6.07) is 11.5. The fourth-order valence-electron chi connectivity index (χ4n) is 3.52. The number of aromatic nitrogens is 1. The molecule has 0 radical (unpaired) electrons. The van der Waals surface area contributed by atoms with Crippen LogP contribution in [0.1, 0.15) is 5.01 Å². The number of nitrogens with zero attached hydrogens (tertiary/aromatic N) is 3. The Morgan fingerprint density at radius 3 is 2.34 bits per heavy atom. The second kappa shape index (κ2) is 9.97. The lowest BCUT2D eigenvalue weighted by Crippen LogP contribution is -2.49. The number of carbonyl (C=O) groups excluding carboxylic acids is 1. The highest BCUT2D eigenvalue weighted by Crippen LogP contribution is 2.26. The number of carbonyl (C=O) groups is 1. The summed E-state index contributed by atoms with van der Waals surface area (Å²) in [5.74, 6) is 0.984. The number of methoxy groups -OCH3 is 2. The molecule has 3 aromatic rings. The lowest BCUT2D eigenvalue weighted by Gasteiger charge is -2.34. The summed E-state index contributed by atoms with van der Waals surface area (Å²) in [6.45, 7) is 3.52. The lowest BCUT2D eigenvalue weighted by molar-refractivity contribution is 0.143. The monoisotopic (exact) mass is 456 g/mol. The molecule has 0 aliphatic carbocycles. The van der Waals surface area contributed by atoms with Crippen LogP contribution in [-0.4, -0.2) is 61.2 Å². The van der Waals surface area contributed by atoms with Gasteiger partial charge in [-0.25, -0.2) is 14.2 Å². The van der Waals surface area contributed by atoms with Gasteiger partial charge in [-0.2, -0.15) is 0 Å². The van der Waals surface area contributed by atoms with Gasteiger partial charge in [0.15, 0.2) is 0 Å². The standard InChI is InChI=1S/C23H25FN4O3S/c1-30-19-11-18(12-20(13-19)31-2)25-23(29)28-9-7-27(8-10-28)14-22-26-21(15-32-22)16-3-5-17(24)6-4-16/h3-6,11-13,15H,7-10,14H2,1-2H3,(H,25,29). The van der Waals surface area contributed by atoms with E-state index in [1.165, 1.54) is 12.1 Å². The fraction of sp³-hybridized carbons (Fsp3) is 0.304. The van der Waals surface area contributed by atoms with Crippen molar-refractivity contribution < 1.29 is 18.7 Å². The van der Waals surface area contributed by atoms with E-state index in [1.54, 1.807) is 60.8 Å². The summed E-state index contributed by atoms with van der Waals surface area (Å²) in [5.41, 5.74) is 2.39. The second-order valence-electron chi connectivity index (χ2n) is 7.43. The van der Waals surface area contributed by atoms with E-state index in [-0.39, 0.29) is 11.8 Å². The van der Waals surface area contributed by atoms with Crippen LogP contribution >= 0.6 is 11.3 Å². The first-order valence-corrected chi connectivity index (χ1v) is 11.1. The Morgan fingerprint density at radius 1 is 1.06 bits per heavy atom. The summed E-state index contributed by atoms with van der Waals surface area (Å²) in [4.78, 5) is 21.5. The van der Waals surface area contributed by atoms with Gasteiger partial charge < -0.3 is 19.7 Å². The molecule has 0 saturated carbocycles. The predicted molar refractivity (Wildman–Crippen MR) is 123 cm³/mol. The number of amides is 2. The minimum atomic E-state index is -0.253. The van der Waals surface area contributed by atoms with Crippen LogP contribution in [0.25, 0.3) is 11.3 Å². The SMILES string of the molecule is COc1cc(NC(=O)N2CCN(Cc3nc(-c4ccc(F)cc4)cs3)CC2)cc(OC)c1. The number of benzene rings is 2. The molecule has 168 valence electrons. The van der Waals surface area contributed by atoms with Crippen LogP contribution in [-0.2, 0) is 6.54 Å². The number of rotatable bonds is 6. The van der Waals surface area contributed by atoms with Gasteiger partial charge in [0.25, 0.3) is 0 Å². The van der Waals surface area contributed by atoms with E-state index in [0.29, 0.717) is 30.3 Å². The third-order valence-corrected chi connectivity index (χ3v) is 6.15. The Kier molecular flexibility index (Phi) is 6.87. The summed E-state index contributed by atoms with van der Waals surface area (Å²) in [6.07, 6.45) is 0. The van der Waals surface area contributed by atoms with Gasteiger partial charge in [0, 0.05) is 61.0 Å². The molecular weight excluding hydrogens is 431 g/mol. The quantitative estimate of drug-likeness (QED) is 0.599. The molecule has 0 unspecified atom stereocenters. The molecule has 1 N–H and O–H groups in total. The first-order chi connectivity index (χ1) is 15.5. The highest BCUT2D eigenvalue weighted by molar-refractivity contribution is 7.09. The minimum absolute atomic E-state index is 0.146. The van der Waals surface area contributed by atoms with Crippen molar-refractivity contribution in [3.05, 3.63) is 58.7 Å². The summed E-state index contributed by atoms with van der Waals surface area (Å²) in [7, 11) is 3.15. The molecule has 1 aromatic heterocycles. The van der Waals surface area contributed by atoms with Gasteiger partial charge in [0.05, 0.1) is 26.5 Å². The molecule has 32 heavy (non-hydrogen) atoms. The van der Waals surface area contributed by atoms with Crippen LogP contribution in [0.4, 0.5) is 14.9 Å². The highest BCUT2D eigenvalue weighted by Gasteiger charge is 2.22. The minimum Gasteiger partial charge on any atom is -0.497 e. The van der Waals surface area contributed by atoms with Crippen LogP contribution in [0.3, 0.4) is 0 Å². The van der Waals surface area contributed by atoms with Crippen LogP contribution in [0.2, 0.25) is 0 Å². The molecule has 9 heteroatoms. The van der Waals surface area contributed by atoms with E-state index in [4.69, 9.17) is 9.47 Å². The molecule has 1 aliphatic heterocycles. The zero-order chi connectivity index (χ0) is 22.5. The maximum Gasteiger partial charge on any atom is 0.321 e. The molecule has 2 amide bonds. The normalized spacial score (nSPS) is 14.3. The van der Waals surface area contributed by atoms with Gasteiger partial charge >= 0.3 is 6.03 Å². The smallest absolute Gasteiger partial charge is 0.321 e. The van der Waals surface area contributed by atoms with E-state index in [1.807, 2.05) is 5.38 Å². The molecule has 7 nitrogen and oxygen atoms in total. The summed E-state index contributed by atoms with van der Waals surface area (Å²) < 4.78 is 23.6. The maximum absolute atomic E-state index is 13.1. The second-order valence-corrected chi connectivity index (χ2v) is 8.37. The van der Waals surface area contributed by atoms with Gasteiger partial charge in [0.2, 0.25) is 0 Å². The van der Waals surface area contributed by atoms with Crippen molar-refractivity contribution in [3.63, 3.8) is 0 Å². The Morgan fingerprint density at radius 2 is 1.72 bits per heavy atom. The Balaban J connectivity index is 1.30. The van der Waals surface area contributed by atoms with E-state index < -0.39 is 0 Å². The number of thiazole rings is 1. The number of urea groups is 1. The lowest BCUT2D eigenvalue weighted by atomic mass is 10.2. The zero-order valence-corrected chi connectivity index (χ0v) is 18.8. The Bertz CT molecular complexity index is 1040. The molecule has 2 aromatic carbocycles. The number of anilines is 1. The average Bonchev–Trinajstić information content (AvgIpc) is 3.28. The molecule has 4 rings (SSSR count). The first kappa shape index (κ1) is 22.0. The Hall–Kier alpha value is -3.17. The number of piperazine rings is 1. The molecule has 0 bridgehead atoms. The number of hydrogen-bond donors (Lipinski definition) is 1. The van der Waals surface area contributed by atoms with Crippen molar-refractivity contribution in [3.8, 4) is 22.8 Å². The van der Waals surface area contributed by atoms with Crippen LogP contribution in [0.5, 0.6) is 11.5 Å². The predicted octanol–water partition coefficient (Wildman–Crippen LogP) is 4.32. The van der Waals surface area contributed by atoms with Crippen LogP contribution in [0, 0.1) is 5.82 Å². The first-order valence-electron chi connectivity index (χ1n) is 10.3. The van der Waals surface area contributed by atoms with Gasteiger partial charge in [-0.1, -0.05) is 0 Å². The largest absolute Gasteiger partial charge is 0.497 e. The van der Waals surface area contributed by atoms with Crippen molar-refractivity contribution in [1.29, 1.82) is 0 Å². The molecule has 2 heterocycles. The number of halogens is 1. The van der Waals surface area contributed by atoms with Gasteiger partial charge in [-0.3, -0.25) is 4.90 Å². The van der Waals surface area contributed by atoms with E-state index in [9.17, 15) is 9.18 Å². The van der Waals surface area contributed by atoms with Crippen molar-refractivity contribution in [2.45, 2.75) is 6.54 Å². The van der Waals surface area contributed by atoms with Gasteiger partial charge in [-0.05, 0) is 24.3 Å². The Labute approximate surface area is 190 Å². The van der Waals surface area contributed by atoms with Gasteiger partial charge in [0.1, 0.15) is 22.3 Å². The number of hydrogen-bond acceptors (Lipinski definition) is 6. The summed E-state index contributed by atoms with van der Waals surface area (Å²) in [5, 5.41) is 5.92. The number of nitrogens with one attached hydrogen (secondary N) is 1. The summed E-state index contributed by atoms with van der Waals surface area (Å²) >= 11 is 1.59. The van der Waals surface area contributed by atoms with Crippen molar-refractivity contribution >= 4 is 23.1 Å². The average molecular weight is 457 g/mol. The van der Waals surface area contributed by atoms with Crippen molar-refractivity contribution in [2.24, 2.45) is 0 Å². The molecule has 1 aliphatic rings. The molecule has 1 fully saturated rings. The number of ether oxygens (including phenoxy) is 2. The van der Waals surface area contributed by atoms with Crippen molar-refractivity contribution in [1.82, 2.24) is 14.8 Å². The van der Waals surface area contributed by atoms with Crippen molar-refractivity contribution in [2.75, 3.05) is 45.7 Å². The molecule has 0 atom stereocenters. The van der Waals surface area contributed by atoms with Gasteiger partial charge in [-0.15, -0.1) is 11.3 Å².